The number of carbonyl (C=O) groups is 2. The lowest BCUT2D eigenvalue weighted by Crippen LogP contribution is -2.22. The van der Waals surface area contributed by atoms with Gasteiger partial charge in [0.15, 0.2) is 0 Å². The summed E-state index contributed by atoms with van der Waals surface area (Å²) in [4.78, 5) is 22.9. The lowest BCUT2D eigenvalue weighted by atomic mass is 10.1. The summed E-state index contributed by atoms with van der Waals surface area (Å²) in [6.45, 7) is -0.123. The van der Waals surface area contributed by atoms with Crippen LogP contribution in [-0.4, -0.2) is 31.2 Å². The van der Waals surface area contributed by atoms with Gasteiger partial charge in [0.05, 0.1) is 24.3 Å². The number of nitrogens with one attached hydrogen (secondary N) is 1. The van der Waals surface area contributed by atoms with E-state index in [-0.39, 0.29) is 24.3 Å². The summed E-state index contributed by atoms with van der Waals surface area (Å²) in [5.41, 5.74) is 6.21. The van der Waals surface area contributed by atoms with Gasteiger partial charge in [-0.15, -0.1) is 0 Å². The van der Waals surface area contributed by atoms with E-state index < -0.39 is 24.6 Å². The van der Waals surface area contributed by atoms with Crippen LogP contribution in [-0.2, 0) is 9.53 Å². The monoisotopic (exact) mass is 304 g/mol. The zero-order valence-corrected chi connectivity index (χ0v) is 11.3. The highest BCUT2D eigenvalue weighted by atomic mass is 19.4. The zero-order valence-electron chi connectivity index (χ0n) is 11.3. The Kier molecular flexibility index (Phi) is 5.71. The number of hydrogen-bond donors (Lipinski definition) is 2. The Morgan fingerprint density at radius 2 is 2.00 bits per heavy atom. The third kappa shape index (κ3) is 5.82. The first-order valence-corrected chi connectivity index (χ1v) is 6.04. The number of aryl methyl sites for hydroxylation is 1. The van der Waals surface area contributed by atoms with Crippen LogP contribution >= 0.6 is 0 Å². The van der Waals surface area contributed by atoms with Crippen molar-refractivity contribution in [2.75, 3.05) is 18.5 Å². The fraction of sp³-hybridized carbons (Fsp3) is 0.385. The summed E-state index contributed by atoms with van der Waals surface area (Å²) in [5.74, 6) is -1.26. The molecule has 1 rings (SSSR count). The van der Waals surface area contributed by atoms with Gasteiger partial charge in [0.2, 0.25) is 5.91 Å². The van der Waals surface area contributed by atoms with Crippen molar-refractivity contribution in [1.82, 2.24) is 0 Å². The summed E-state index contributed by atoms with van der Waals surface area (Å²) in [5, 5.41) is 2.43. The van der Waals surface area contributed by atoms with Crippen molar-refractivity contribution in [3.05, 3.63) is 29.3 Å². The maximum Gasteiger partial charge on any atom is 0.411 e. The van der Waals surface area contributed by atoms with Crippen molar-refractivity contribution in [3.63, 3.8) is 0 Å². The average molecular weight is 304 g/mol. The van der Waals surface area contributed by atoms with Crippen LogP contribution in [0.4, 0.5) is 18.9 Å². The number of carbonyl (C=O) groups excluding carboxylic acids is 2. The Labute approximate surface area is 119 Å². The molecule has 1 aromatic carbocycles. The standard InChI is InChI=1S/C13H15F3N2O3/c1-8-3-2-4-9(11(8)12(17)20)18-10(19)5-6-21-7-13(14,15)16/h2-4H,5-7H2,1H3,(H2,17,20)(H,18,19). The molecule has 0 bridgehead atoms. The third-order valence-electron chi connectivity index (χ3n) is 2.53. The van der Waals surface area contributed by atoms with Gasteiger partial charge in [-0.05, 0) is 18.6 Å². The maximum absolute atomic E-state index is 11.8. The van der Waals surface area contributed by atoms with E-state index in [4.69, 9.17) is 5.73 Å². The number of benzene rings is 1. The predicted molar refractivity (Wildman–Crippen MR) is 69.8 cm³/mol. The minimum atomic E-state index is -4.42. The highest BCUT2D eigenvalue weighted by molar-refractivity contribution is 6.04. The van der Waals surface area contributed by atoms with Crippen LogP contribution in [0.2, 0.25) is 0 Å². The number of nitrogens with two attached hydrogens (primary N) is 1. The number of rotatable bonds is 6. The van der Waals surface area contributed by atoms with Crippen molar-refractivity contribution in [2.24, 2.45) is 5.73 Å². The number of ether oxygens (including phenoxy) is 1. The van der Waals surface area contributed by atoms with Crippen molar-refractivity contribution >= 4 is 17.5 Å². The molecule has 0 aliphatic heterocycles. The van der Waals surface area contributed by atoms with Gasteiger partial charge in [0.25, 0.3) is 5.91 Å². The van der Waals surface area contributed by atoms with Crippen LogP contribution in [0.1, 0.15) is 22.3 Å². The molecule has 0 spiro atoms. The fourth-order valence-electron chi connectivity index (χ4n) is 1.66. The highest BCUT2D eigenvalue weighted by Gasteiger charge is 2.27. The number of alkyl halides is 3. The number of anilines is 1. The molecule has 2 amide bonds. The quantitative estimate of drug-likeness (QED) is 0.789. The summed E-state index contributed by atoms with van der Waals surface area (Å²) in [6, 6.07) is 4.77. The molecule has 5 nitrogen and oxygen atoms in total. The van der Waals surface area contributed by atoms with Gasteiger partial charge in [-0.2, -0.15) is 13.2 Å². The van der Waals surface area contributed by atoms with Gasteiger partial charge in [-0.25, -0.2) is 0 Å². The first-order valence-electron chi connectivity index (χ1n) is 6.04. The van der Waals surface area contributed by atoms with Gasteiger partial charge >= 0.3 is 6.18 Å². The smallest absolute Gasteiger partial charge is 0.372 e. The van der Waals surface area contributed by atoms with E-state index in [9.17, 15) is 22.8 Å². The second kappa shape index (κ2) is 7.07. The summed E-state index contributed by atoms with van der Waals surface area (Å²) in [7, 11) is 0. The molecule has 3 N–H and O–H groups in total. The van der Waals surface area contributed by atoms with Crippen LogP contribution in [0.15, 0.2) is 18.2 Å². The molecule has 21 heavy (non-hydrogen) atoms. The summed E-state index contributed by atoms with van der Waals surface area (Å²) in [6.07, 6.45) is -4.69. The lowest BCUT2D eigenvalue weighted by Gasteiger charge is -2.11. The zero-order chi connectivity index (χ0) is 16.0. The van der Waals surface area contributed by atoms with Gasteiger partial charge in [0.1, 0.15) is 6.61 Å². The lowest BCUT2D eigenvalue weighted by molar-refractivity contribution is -0.174. The molecule has 8 heteroatoms. The topological polar surface area (TPSA) is 81.4 Å². The fourth-order valence-corrected chi connectivity index (χ4v) is 1.66. The van der Waals surface area contributed by atoms with Crippen LogP contribution in [0.5, 0.6) is 0 Å². The number of primary amides is 1. The highest BCUT2D eigenvalue weighted by Crippen LogP contribution is 2.19. The van der Waals surface area contributed by atoms with Gasteiger partial charge < -0.3 is 15.8 Å². The van der Waals surface area contributed by atoms with Crippen molar-refractivity contribution in [2.45, 2.75) is 19.5 Å². The second-order valence-corrected chi connectivity index (χ2v) is 4.33. The van der Waals surface area contributed by atoms with E-state index in [1.807, 2.05) is 0 Å². The molecule has 0 aliphatic carbocycles. The van der Waals surface area contributed by atoms with Crippen molar-refractivity contribution in [3.8, 4) is 0 Å². The Morgan fingerprint density at radius 3 is 2.57 bits per heavy atom. The SMILES string of the molecule is Cc1cccc(NC(=O)CCOCC(F)(F)F)c1C(N)=O. The molecule has 0 fully saturated rings. The van der Waals surface area contributed by atoms with E-state index in [0.29, 0.717) is 5.56 Å². The normalized spacial score (nSPS) is 11.2. The Morgan fingerprint density at radius 1 is 1.33 bits per heavy atom. The minimum Gasteiger partial charge on any atom is -0.372 e. The number of amides is 2. The van der Waals surface area contributed by atoms with Crippen molar-refractivity contribution < 1.29 is 27.5 Å². The second-order valence-electron chi connectivity index (χ2n) is 4.33. The first-order chi connectivity index (χ1) is 9.70. The molecule has 0 unspecified atom stereocenters. The van der Waals surface area contributed by atoms with Crippen LogP contribution < -0.4 is 11.1 Å². The Hall–Kier alpha value is -2.09. The van der Waals surface area contributed by atoms with E-state index in [0.717, 1.165) is 0 Å². The van der Waals surface area contributed by atoms with Crippen LogP contribution in [0.25, 0.3) is 0 Å². The third-order valence-corrected chi connectivity index (χ3v) is 2.53. The van der Waals surface area contributed by atoms with E-state index in [2.05, 4.69) is 10.1 Å². The van der Waals surface area contributed by atoms with E-state index >= 15 is 0 Å². The number of hydrogen-bond acceptors (Lipinski definition) is 3. The van der Waals surface area contributed by atoms with Gasteiger partial charge in [-0.3, -0.25) is 9.59 Å². The molecule has 0 saturated heterocycles. The molecule has 0 aliphatic rings. The van der Waals surface area contributed by atoms with Crippen molar-refractivity contribution in [1.29, 1.82) is 0 Å². The Bertz CT molecular complexity index is 530. The molecular formula is C13H15F3N2O3. The molecule has 0 atom stereocenters. The molecular weight excluding hydrogens is 289 g/mol. The molecule has 0 saturated carbocycles. The molecule has 0 aromatic heterocycles. The first kappa shape index (κ1) is 17.0. The van der Waals surface area contributed by atoms with E-state index in [1.165, 1.54) is 6.07 Å². The molecule has 0 radical (unpaired) electrons. The maximum atomic E-state index is 11.8. The minimum absolute atomic E-state index is 0.169. The predicted octanol–water partition coefficient (Wildman–Crippen LogP) is 2.00. The molecule has 1 aromatic rings. The van der Waals surface area contributed by atoms with Crippen LogP contribution in [0, 0.1) is 6.92 Å². The summed E-state index contributed by atoms with van der Waals surface area (Å²) >= 11 is 0. The molecule has 116 valence electrons. The average Bonchev–Trinajstić information content (AvgIpc) is 2.33. The van der Waals surface area contributed by atoms with Gasteiger partial charge in [-0.1, -0.05) is 12.1 Å². The van der Waals surface area contributed by atoms with Gasteiger partial charge in [0, 0.05) is 0 Å². The van der Waals surface area contributed by atoms with E-state index in [1.54, 1.807) is 19.1 Å². The summed E-state index contributed by atoms with van der Waals surface area (Å²) < 4.78 is 39.8. The number of halogens is 3. The largest absolute Gasteiger partial charge is 0.411 e. The molecule has 0 heterocycles. The Balaban J connectivity index is 2.56. The van der Waals surface area contributed by atoms with Crippen LogP contribution in [0.3, 0.4) is 0 Å².